The van der Waals surface area contributed by atoms with Gasteiger partial charge in [-0.25, -0.2) is 0 Å². The zero-order valence-electron chi connectivity index (χ0n) is 11.3. The summed E-state index contributed by atoms with van der Waals surface area (Å²) in [6.45, 7) is 4.43. The molecule has 0 aromatic rings. The standard InChI is InChI=1S/C14H28O2/c1-4-6-8-9-11-13(10-7-5-2)12-14(15)16-3/h13H,4-12H2,1-3H3. The van der Waals surface area contributed by atoms with Crippen molar-refractivity contribution < 1.29 is 9.53 Å². The second kappa shape index (κ2) is 11.0. The lowest BCUT2D eigenvalue weighted by Crippen LogP contribution is -2.10. The van der Waals surface area contributed by atoms with E-state index in [0.29, 0.717) is 12.3 Å². The van der Waals surface area contributed by atoms with Crippen molar-refractivity contribution in [3.05, 3.63) is 0 Å². The molecule has 1 unspecified atom stereocenters. The lowest BCUT2D eigenvalue weighted by molar-refractivity contribution is -0.141. The van der Waals surface area contributed by atoms with Gasteiger partial charge in [0, 0.05) is 6.42 Å². The summed E-state index contributed by atoms with van der Waals surface area (Å²) in [4.78, 5) is 11.3. The Labute approximate surface area is 101 Å². The van der Waals surface area contributed by atoms with Gasteiger partial charge in [-0.2, -0.15) is 0 Å². The summed E-state index contributed by atoms with van der Waals surface area (Å²) in [5.41, 5.74) is 0. The number of carbonyl (C=O) groups is 1. The van der Waals surface area contributed by atoms with Crippen LogP contribution in [-0.2, 0) is 9.53 Å². The number of hydrogen-bond acceptors (Lipinski definition) is 2. The molecule has 16 heavy (non-hydrogen) atoms. The third kappa shape index (κ3) is 8.75. The lowest BCUT2D eigenvalue weighted by atomic mass is 9.92. The molecule has 0 amide bonds. The van der Waals surface area contributed by atoms with E-state index in [2.05, 4.69) is 13.8 Å². The molecule has 0 aliphatic rings. The maximum absolute atomic E-state index is 11.3. The average Bonchev–Trinajstić information content (AvgIpc) is 2.30. The Hall–Kier alpha value is -0.530. The molecule has 0 heterocycles. The van der Waals surface area contributed by atoms with Gasteiger partial charge in [0.15, 0.2) is 0 Å². The van der Waals surface area contributed by atoms with Gasteiger partial charge in [0.25, 0.3) is 0 Å². The molecule has 0 N–H and O–H groups in total. The molecular formula is C14H28O2. The van der Waals surface area contributed by atoms with Crippen LogP contribution in [0.4, 0.5) is 0 Å². The van der Waals surface area contributed by atoms with Gasteiger partial charge in [-0.3, -0.25) is 4.79 Å². The zero-order valence-corrected chi connectivity index (χ0v) is 11.3. The maximum Gasteiger partial charge on any atom is 0.305 e. The fourth-order valence-corrected chi connectivity index (χ4v) is 2.02. The van der Waals surface area contributed by atoms with E-state index < -0.39 is 0 Å². The molecule has 2 heteroatoms. The van der Waals surface area contributed by atoms with E-state index in [1.165, 1.54) is 58.5 Å². The van der Waals surface area contributed by atoms with E-state index in [0.717, 1.165) is 0 Å². The largest absolute Gasteiger partial charge is 0.469 e. The first-order valence-corrected chi connectivity index (χ1v) is 6.81. The van der Waals surface area contributed by atoms with Crippen molar-refractivity contribution in [3.63, 3.8) is 0 Å². The Kier molecular flexibility index (Phi) is 10.6. The minimum atomic E-state index is -0.0448. The maximum atomic E-state index is 11.3. The monoisotopic (exact) mass is 228 g/mol. The Morgan fingerprint density at radius 3 is 2.19 bits per heavy atom. The molecule has 2 nitrogen and oxygen atoms in total. The summed E-state index contributed by atoms with van der Waals surface area (Å²) in [6, 6.07) is 0. The van der Waals surface area contributed by atoms with E-state index in [-0.39, 0.29) is 5.97 Å². The second-order valence-corrected chi connectivity index (χ2v) is 4.64. The highest BCUT2D eigenvalue weighted by molar-refractivity contribution is 5.69. The summed E-state index contributed by atoms with van der Waals surface area (Å²) < 4.78 is 4.75. The summed E-state index contributed by atoms with van der Waals surface area (Å²) in [6.07, 6.45) is 10.6. The van der Waals surface area contributed by atoms with Crippen molar-refractivity contribution in [2.45, 2.75) is 71.6 Å². The number of methoxy groups -OCH3 is 1. The molecule has 96 valence electrons. The third-order valence-electron chi connectivity index (χ3n) is 3.11. The van der Waals surface area contributed by atoms with Crippen molar-refractivity contribution in [1.29, 1.82) is 0 Å². The van der Waals surface area contributed by atoms with Crippen LogP contribution in [0.3, 0.4) is 0 Å². The molecule has 0 aromatic heterocycles. The molecule has 0 saturated carbocycles. The fraction of sp³-hybridized carbons (Fsp3) is 0.929. The predicted molar refractivity (Wildman–Crippen MR) is 68.4 cm³/mol. The van der Waals surface area contributed by atoms with E-state index in [4.69, 9.17) is 4.74 Å². The quantitative estimate of drug-likeness (QED) is 0.411. The molecular weight excluding hydrogens is 200 g/mol. The van der Waals surface area contributed by atoms with Crippen LogP contribution in [0.5, 0.6) is 0 Å². The first-order chi connectivity index (χ1) is 7.74. The van der Waals surface area contributed by atoms with Crippen molar-refractivity contribution in [1.82, 2.24) is 0 Å². The van der Waals surface area contributed by atoms with E-state index in [1.807, 2.05) is 0 Å². The highest BCUT2D eigenvalue weighted by Crippen LogP contribution is 2.21. The Bertz CT molecular complexity index is 166. The molecule has 0 saturated heterocycles. The highest BCUT2D eigenvalue weighted by atomic mass is 16.5. The van der Waals surface area contributed by atoms with Crippen LogP contribution in [0.2, 0.25) is 0 Å². The van der Waals surface area contributed by atoms with Gasteiger partial charge in [-0.15, -0.1) is 0 Å². The van der Waals surface area contributed by atoms with Gasteiger partial charge < -0.3 is 4.74 Å². The zero-order chi connectivity index (χ0) is 12.2. The topological polar surface area (TPSA) is 26.3 Å². The normalized spacial score (nSPS) is 12.4. The van der Waals surface area contributed by atoms with Gasteiger partial charge in [0.1, 0.15) is 0 Å². The van der Waals surface area contributed by atoms with Gasteiger partial charge in [-0.05, 0) is 18.8 Å². The molecule has 0 aromatic carbocycles. The Morgan fingerprint density at radius 2 is 1.62 bits per heavy atom. The van der Waals surface area contributed by atoms with Gasteiger partial charge in [0.05, 0.1) is 7.11 Å². The molecule has 0 aliphatic heterocycles. The molecule has 1 atom stereocenters. The van der Waals surface area contributed by atoms with E-state index in [1.54, 1.807) is 0 Å². The second-order valence-electron chi connectivity index (χ2n) is 4.64. The number of hydrogen-bond donors (Lipinski definition) is 0. The number of carbonyl (C=O) groups excluding carboxylic acids is 1. The first-order valence-electron chi connectivity index (χ1n) is 6.81. The van der Waals surface area contributed by atoms with Crippen LogP contribution in [0, 0.1) is 5.92 Å². The first kappa shape index (κ1) is 15.5. The molecule has 0 aliphatic carbocycles. The summed E-state index contributed by atoms with van der Waals surface area (Å²) in [5.74, 6) is 0.501. The molecule has 0 radical (unpaired) electrons. The Balaban J connectivity index is 3.75. The van der Waals surface area contributed by atoms with Crippen LogP contribution in [0.1, 0.15) is 71.6 Å². The molecule has 0 spiro atoms. The summed E-state index contributed by atoms with van der Waals surface area (Å²) >= 11 is 0. The minimum absolute atomic E-state index is 0.0448. The van der Waals surface area contributed by atoms with E-state index in [9.17, 15) is 4.79 Å². The van der Waals surface area contributed by atoms with Crippen molar-refractivity contribution in [2.24, 2.45) is 5.92 Å². The third-order valence-corrected chi connectivity index (χ3v) is 3.11. The number of ether oxygens (including phenoxy) is 1. The van der Waals surface area contributed by atoms with Gasteiger partial charge >= 0.3 is 5.97 Å². The van der Waals surface area contributed by atoms with Crippen molar-refractivity contribution in [3.8, 4) is 0 Å². The summed E-state index contributed by atoms with van der Waals surface area (Å²) in [7, 11) is 1.48. The molecule has 0 fully saturated rings. The smallest absolute Gasteiger partial charge is 0.305 e. The number of unbranched alkanes of at least 4 members (excludes halogenated alkanes) is 4. The number of rotatable bonds is 10. The van der Waals surface area contributed by atoms with Gasteiger partial charge in [0.2, 0.25) is 0 Å². The predicted octanol–water partition coefficient (Wildman–Crippen LogP) is 4.33. The van der Waals surface area contributed by atoms with Crippen LogP contribution >= 0.6 is 0 Å². The van der Waals surface area contributed by atoms with Gasteiger partial charge in [-0.1, -0.05) is 52.4 Å². The van der Waals surface area contributed by atoms with Crippen LogP contribution < -0.4 is 0 Å². The van der Waals surface area contributed by atoms with Crippen LogP contribution in [0.25, 0.3) is 0 Å². The summed E-state index contributed by atoms with van der Waals surface area (Å²) in [5, 5.41) is 0. The molecule has 0 rings (SSSR count). The highest BCUT2D eigenvalue weighted by Gasteiger charge is 2.13. The number of esters is 1. The van der Waals surface area contributed by atoms with Crippen molar-refractivity contribution in [2.75, 3.05) is 7.11 Å². The van der Waals surface area contributed by atoms with E-state index >= 15 is 0 Å². The fourth-order valence-electron chi connectivity index (χ4n) is 2.02. The average molecular weight is 228 g/mol. The van der Waals surface area contributed by atoms with Crippen molar-refractivity contribution >= 4 is 5.97 Å². The Morgan fingerprint density at radius 1 is 1.00 bits per heavy atom. The minimum Gasteiger partial charge on any atom is -0.469 e. The molecule has 0 bridgehead atoms. The van der Waals surface area contributed by atoms with Crippen LogP contribution in [-0.4, -0.2) is 13.1 Å². The lowest BCUT2D eigenvalue weighted by Gasteiger charge is -2.15. The van der Waals surface area contributed by atoms with Crippen LogP contribution in [0.15, 0.2) is 0 Å². The SMILES string of the molecule is CCCCCCC(CCCC)CC(=O)OC.